The molecule has 0 atom stereocenters. The number of hydrogen-bond acceptors (Lipinski definition) is 6. The standard InChI is InChI=1S/C28H27BrClN3O5/c1-37-25-17-19(10-15-24(25)38-28(36)20-11-13-21(29)14-12-20)18-32-33-26(34)9-3-2-6-16-31-27(35)22-7-4-5-8-23(22)30/h4-5,7-8,10-15,17-18H,2-3,6,9,16H2,1H3,(H,31,35)(H,33,34). The van der Waals surface area contributed by atoms with Crippen molar-refractivity contribution in [3.63, 3.8) is 0 Å². The summed E-state index contributed by atoms with van der Waals surface area (Å²) in [6, 6.07) is 18.6. The minimum absolute atomic E-state index is 0.213. The van der Waals surface area contributed by atoms with Crippen molar-refractivity contribution < 1.29 is 23.9 Å². The fourth-order valence-corrected chi connectivity index (χ4v) is 3.84. The van der Waals surface area contributed by atoms with Gasteiger partial charge in [0.1, 0.15) is 0 Å². The van der Waals surface area contributed by atoms with E-state index < -0.39 is 5.97 Å². The molecule has 8 nitrogen and oxygen atoms in total. The predicted octanol–water partition coefficient (Wildman–Crippen LogP) is 5.77. The van der Waals surface area contributed by atoms with Crippen LogP contribution in [0.3, 0.4) is 0 Å². The number of hydrazone groups is 1. The normalized spacial score (nSPS) is 10.7. The van der Waals surface area contributed by atoms with E-state index in [0.717, 1.165) is 17.3 Å². The second-order valence-corrected chi connectivity index (χ2v) is 9.47. The van der Waals surface area contributed by atoms with Crippen LogP contribution >= 0.6 is 27.5 Å². The number of unbranched alkanes of at least 4 members (excludes halogenated alkanes) is 2. The van der Waals surface area contributed by atoms with Crippen molar-refractivity contribution in [3.8, 4) is 11.5 Å². The van der Waals surface area contributed by atoms with Crippen molar-refractivity contribution >= 4 is 51.5 Å². The van der Waals surface area contributed by atoms with Crippen molar-refractivity contribution in [1.82, 2.24) is 10.7 Å². The van der Waals surface area contributed by atoms with Gasteiger partial charge in [-0.2, -0.15) is 5.10 Å². The zero-order chi connectivity index (χ0) is 27.3. The Bertz CT molecular complexity index is 1300. The highest BCUT2D eigenvalue weighted by molar-refractivity contribution is 9.10. The lowest BCUT2D eigenvalue weighted by molar-refractivity contribution is -0.121. The van der Waals surface area contributed by atoms with E-state index >= 15 is 0 Å². The number of esters is 1. The maximum atomic E-state index is 12.4. The molecular weight excluding hydrogens is 574 g/mol. The van der Waals surface area contributed by atoms with Crippen LogP contribution in [0.5, 0.6) is 11.5 Å². The first-order chi connectivity index (χ1) is 18.4. The van der Waals surface area contributed by atoms with Gasteiger partial charge in [-0.25, -0.2) is 10.2 Å². The van der Waals surface area contributed by atoms with Gasteiger partial charge in [-0.1, -0.05) is 46.1 Å². The molecule has 0 bridgehead atoms. The molecule has 38 heavy (non-hydrogen) atoms. The van der Waals surface area contributed by atoms with Crippen LogP contribution in [-0.4, -0.2) is 37.7 Å². The minimum atomic E-state index is -0.507. The molecule has 0 saturated heterocycles. The quantitative estimate of drug-likeness (QED) is 0.0903. The molecule has 3 rings (SSSR count). The van der Waals surface area contributed by atoms with Gasteiger partial charge in [0.15, 0.2) is 11.5 Å². The molecule has 0 saturated carbocycles. The molecule has 10 heteroatoms. The highest BCUT2D eigenvalue weighted by atomic mass is 79.9. The van der Waals surface area contributed by atoms with Crippen molar-refractivity contribution in [2.24, 2.45) is 5.10 Å². The lowest BCUT2D eigenvalue weighted by Gasteiger charge is -2.10. The van der Waals surface area contributed by atoms with Gasteiger partial charge in [-0.15, -0.1) is 0 Å². The van der Waals surface area contributed by atoms with Crippen LogP contribution in [-0.2, 0) is 4.79 Å². The zero-order valence-corrected chi connectivity index (χ0v) is 23.1. The number of rotatable bonds is 12. The smallest absolute Gasteiger partial charge is 0.343 e. The Morgan fingerprint density at radius 1 is 0.974 bits per heavy atom. The third kappa shape index (κ3) is 9.00. The zero-order valence-electron chi connectivity index (χ0n) is 20.7. The van der Waals surface area contributed by atoms with Crippen molar-refractivity contribution in [1.29, 1.82) is 0 Å². The fourth-order valence-electron chi connectivity index (χ4n) is 3.36. The van der Waals surface area contributed by atoms with E-state index in [1.165, 1.54) is 13.3 Å². The van der Waals surface area contributed by atoms with Crippen LogP contribution in [0, 0.1) is 0 Å². The molecular formula is C28H27BrClN3O5. The fraction of sp³-hybridized carbons (Fsp3) is 0.214. The van der Waals surface area contributed by atoms with Gasteiger partial charge in [-0.05, 0) is 73.0 Å². The molecule has 3 aromatic rings. The van der Waals surface area contributed by atoms with Gasteiger partial charge in [0, 0.05) is 17.4 Å². The van der Waals surface area contributed by atoms with Gasteiger partial charge < -0.3 is 14.8 Å². The molecule has 0 heterocycles. The summed E-state index contributed by atoms with van der Waals surface area (Å²) in [4.78, 5) is 36.5. The Hall–Kier alpha value is -3.69. The number of halogens is 2. The van der Waals surface area contributed by atoms with Crippen LogP contribution in [0.1, 0.15) is 52.0 Å². The maximum absolute atomic E-state index is 12.4. The SMILES string of the molecule is COc1cc(C=NNC(=O)CCCCCNC(=O)c2ccccc2Cl)ccc1OC(=O)c1ccc(Br)cc1. The van der Waals surface area contributed by atoms with Crippen LogP contribution in [0.4, 0.5) is 0 Å². The third-order valence-corrected chi connectivity index (χ3v) is 6.22. The molecule has 0 spiro atoms. The molecule has 2 amide bonds. The second kappa shape index (κ2) is 14.9. The summed E-state index contributed by atoms with van der Waals surface area (Å²) in [5.41, 5.74) is 4.00. The molecule has 0 aliphatic rings. The largest absolute Gasteiger partial charge is 0.493 e. The number of benzene rings is 3. The summed E-state index contributed by atoms with van der Waals surface area (Å²) in [6.45, 7) is 0.500. The van der Waals surface area contributed by atoms with Gasteiger partial charge in [0.2, 0.25) is 5.91 Å². The van der Waals surface area contributed by atoms with E-state index in [9.17, 15) is 14.4 Å². The summed E-state index contributed by atoms with van der Waals surface area (Å²) >= 11 is 9.35. The summed E-state index contributed by atoms with van der Waals surface area (Å²) in [7, 11) is 1.47. The lowest BCUT2D eigenvalue weighted by Crippen LogP contribution is -2.24. The van der Waals surface area contributed by atoms with E-state index in [0.29, 0.717) is 46.8 Å². The molecule has 2 N–H and O–H groups in total. The van der Waals surface area contributed by atoms with Crippen LogP contribution in [0.15, 0.2) is 76.3 Å². The number of carbonyl (C=O) groups is 3. The summed E-state index contributed by atoms with van der Waals surface area (Å²) < 4.78 is 11.6. The number of amides is 2. The van der Waals surface area contributed by atoms with Crippen molar-refractivity contribution in [2.45, 2.75) is 25.7 Å². The first-order valence-electron chi connectivity index (χ1n) is 11.9. The molecule has 3 aromatic carbocycles. The molecule has 0 radical (unpaired) electrons. The molecule has 198 valence electrons. The van der Waals surface area contributed by atoms with Crippen LogP contribution in [0.25, 0.3) is 0 Å². The Morgan fingerprint density at radius 3 is 2.47 bits per heavy atom. The minimum Gasteiger partial charge on any atom is -0.493 e. The second-order valence-electron chi connectivity index (χ2n) is 8.15. The Balaban J connectivity index is 1.37. The molecule has 0 fully saturated rings. The number of nitrogens with one attached hydrogen (secondary N) is 2. The monoisotopic (exact) mass is 599 g/mol. The summed E-state index contributed by atoms with van der Waals surface area (Å²) in [5.74, 6) is -0.312. The van der Waals surface area contributed by atoms with E-state index in [2.05, 4.69) is 31.8 Å². The van der Waals surface area contributed by atoms with Gasteiger partial charge in [0.25, 0.3) is 5.91 Å². The van der Waals surface area contributed by atoms with Crippen molar-refractivity contribution in [2.75, 3.05) is 13.7 Å². The van der Waals surface area contributed by atoms with Crippen LogP contribution < -0.4 is 20.2 Å². The number of ether oxygens (including phenoxy) is 2. The Kier molecular flexibility index (Phi) is 11.3. The van der Waals surface area contributed by atoms with E-state index in [1.54, 1.807) is 66.7 Å². The first-order valence-corrected chi connectivity index (χ1v) is 13.0. The average Bonchev–Trinajstić information content (AvgIpc) is 2.91. The summed E-state index contributed by atoms with van der Waals surface area (Å²) in [5, 5.41) is 7.22. The molecule has 0 aromatic heterocycles. The predicted molar refractivity (Wildman–Crippen MR) is 150 cm³/mol. The highest BCUT2D eigenvalue weighted by Gasteiger charge is 2.13. The van der Waals surface area contributed by atoms with E-state index in [1.807, 2.05) is 0 Å². The van der Waals surface area contributed by atoms with Gasteiger partial charge in [0.05, 0.1) is 29.5 Å². The van der Waals surface area contributed by atoms with E-state index in [-0.39, 0.29) is 17.6 Å². The first kappa shape index (κ1) is 28.9. The van der Waals surface area contributed by atoms with Gasteiger partial charge in [-0.3, -0.25) is 9.59 Å². The number of methoxy groups -OCH3 is 1. The topological polar surface area (TPSA) is 106 Å². The lowest BCUT2D eigenvalue weighted by atomic mass is 10.1. The Morgan fingerprint density at radius 2 is 1.74 bits per heavy atom. The van der Waals surface area contributed by atoms with E-state index in [4.69, 9.17) is 21.1 Å². The number of hydrogen-bond donors (Lipinski definition) is 2. The maximum Gasteiger partial charge on any atom is 0.343 e. The molecule has 0 aliphatic carbocycles. The van der Waals surface area contributed by atoms with Gasteiger partial charge >= 0.3 is 5.97 Å². The van der Waals surface area contributed by atoms with Crippen molar-refractivity contribution in [3.05, 3.63) is 92.9 Å². The van der Waals surface area contributed by atoms with Crippen LogP contribution in [0.2, 0.25) is 5.02 Å². The average molecular weight is 601 g/mol. The summed E-state index contributed by atoms with van der Waals surface area (Å²) in [6.07, 6.45) is 3.97. The Labute approximate surface area is 234 Å². The number of nitrogens with zero attached hydrogens (tertiary/aromatic N) is 1. The highest BCUT2D eigenvalue weighted by Crippen LogP contribution is 2.28. The third-order valence-electron chi connectivity index (χ3n) is 5.36. The number of carbonyl (C=O) groups excluding carboxylic acids is 3. The molecule has 0 aliphatic heterocycles. The molecule has 0 unspecified atom stereocenters.